The molecule has 98 valence electrons. The quantitative estimate of drug-likeness (QED) is 0.814. The van der Waals surface area contributed by atoms with Crippen LogP contribution < -0.4 is 5.32 Å². The van der Waals surface area contributed by atoms with Crippen LogP contribution in [-0.4, -0.2) is 11.0 Å². The first-order chi connectivity index (χ1) is 8.97. The van der Waals surface area contributed by atoms with Crippen LogP contribution in [0.1, 0.15) is 10.4 Å². The number of phenols is 1. The zero-order chi connectivity index (χ0) is 14.0. The fourth-order valence-corrected chi connectivity index (χ4v) is 2.03. The third-order valence-electron chi connectivity index (χ3n) is 2.38. The van der Waals surface area contributed by atoms with Gasteiger partial charge < -0.3 is 10.4 Å². The van der Waals surface area contributed by atoms with Gasteiger partial charge in [0.05, 0.1) is 15.2 Å². The molecule has 0 spiro atoms. The third kappa shape index (κ3) is 3.41. The van der Waals surface area contributed by atoms with Gasteiger partial charge in [-0.25, -0.2) is 0 Å². The highest BCUT2D eigenvalue weighted by atomic mass is 79.9. The Morgan fingerprint density at radius 1 is 1.16 bits per heavy atom. The molecule has 0 bridgehead atoms. The summed E-state index contributed by atoms with van der Waals surface area (Å²) in [5, 5.41) is 13.0. The van der Waals surface area contributed by atoms with Crippen molar-refractivity contribution in [2.24, 2.45) is 0 Å². The lowest BCUT2D eigenvalue weighted by atomic mass is 10.2. The van der Waals surface area contributed by atoms with Gasteiger partial charge in [0, 0.05) is 10.6 Å². The van der Waals surface area contributed by atoms with E-state index in [9.17, 15) is 9.90 Å². The number of nitrogens with one attached hydrogen (secondary N) is 1. The molecule has 2 rings (SSSR count). The van der Waals surface area contributed by atoms with Gasteiger partial charge in [-0.2, -0.15) is 0 Å². The maximum absolute atomic E-state index is 12.0. The van der Waals surface area contributed by atoms with E-state index in [0.717, 1.165) is 0 Å². The zero-order valence-corrected chi connectivity index (χ0v) is 12.6. The predicted octanol–water partition coefficient (Wildman–Crippen LogP) is 4.71. The van der Waals surface area contributed by atoms with Crippen molar-refractivity contribution in [2.75, 3.05) is 5.32 Å². The maximum Gasteiger partial charge on any atom is 0.255 e. The normalized spacial score (nSPS) is 10.3. The van der Waals surface area contributed by atoms with Gasteiger partial charge in [0.25, 0.3) is 5.91 Å². The molecular formula is C13H8BrCl2NO2. The van der Waals surface area contributed by atoms with Crippen molar-refractivity contribution in [2.45, 2.75) is 0 Å². The van der Waals surface area contributed by atoms with Gasteiger partial charge in [0.1, 0.15) is 5.75 Å². The second kappa shape index (κ2) is 5.82. The smallest absolute Gasteiger partial charge is 0.255 e. The van der Waals surface area contributed by atoms with E-state index in [1.165, 1.54) is 6.07 Å². The summed E-state index contributed by atoms with van der Waals surface area (Å²) < 4.78 is 0.518. The summed E-state index contributed by atoms with van der Waals surface area (Å²) in [5.41, 5.74) is 0.735. The van der Waals surface area contributed by atoms with Gasteiger partial charge >= 0.3 is 0 Å². The van der Waals surface area contributed by atoms with E-state index >= 15 is 0 Å². The van der Waals surface area contributed by atoms with E-state index in [1.54, 1.807) is 30.3 Å². The molecule has 0 aliphatic rings. The highest BCUT2D eigenvalue weighted by molar-refractivity contribution is 9.10. The number of halogens is 3. The molecule has 0 saturated carbocycles. The Morgan fingerprint density at radius 2 is 1.89 bits per heavy atom. The second-order valence-corrected chi connectivity index (χ2v) is 5.44. The van der Waals surface area contributed by atoms with Crippen LogP contribution in [0.3, 0.4) is 0 Å². The maximum atomic E-state index is 12.0. The lowest BCUT2D eigenvalue weighted by Crippen LogP contribution is -2.12. The summed E-state index contributed by atoms with van der Waals surface area (Å²) in [5.74, 6) is -0.392. The van der Waals surface area contributed by atoms with E-state index in [4.69, 9.17) is 23.2 Å². The molecule has 0 atom stereocenters. The molecule has 1 amide bonds. The first-order valence-corrected chi connectivity index (χ1v) is 6.77. The van der Waals surface area contributed by atoms with Crippen LogP contribution in [0.5, 0.6) is 5.75 Å². The molecule has 0 aromatic heterocycles. The highest BCUT2D eigenvalue weighted by Crippen LogP contribution is 2.27. The molecule has 2 N–H and O–H groups in total. The Hall–Kier alpha value is -1.23. The molecule has 0 radical (unpaired) electrons. The fraction of sp³-hybridized carbons (Fsp3) is 0. The molecule has 0 unspecified atom stereocenters. The Morgan fingerprint density at radius 3 is 2.58 bits per heavy atom. The molecule has 0 heterocycles. The third-order valence-corrected chi connectivity index (χ3v) is 3.62. The number of phenolic OH excluding ortho intramolecular Hbond substituents is 1. The second-order valence-electron chi connectivity index (χ2n) is 3.74. The van der Waals surface area contributed by atoms with Crippen molar-refractivity contribution >= 4 is 50.7 Å². The predicted molar refractivity (Wildman–Crippen MR) is 80.2 cm³/mol. The van der Waals surface area contributed by atoms with E-state index < -0.39 is 0 Å². The van der Waals surface area contributed by atoms with Gasteiger partial charge in [0.2, 0.25) is 0 Å². The van der Waals surface area contributed by atoms with Gasteiger partial charge in [-0.05, 0) is 52.3 Å². The number of aromatic hydroxyl groups is 1. The number of rotatable bonds is 2. The Balaban J connectivity index is 2.25. The topological polar surface area (TPSA) is 49.3 Å². The van der Waals surface area contributed by atoms with Crippen LogP contribution in [0.4, 0.5) is 5.69 Å². The van der Waals surface area contributed by atoms with Crippen molar-refractivity contribution in [1.29, 1.82) is 0 Å². The minimum Gasteiger partial charge on any atom is -0.507 e. The first kappa shape index (κ1) is 14.2. The number of anilines is 1. The summed E-state index contributed by atoms with van der Waals surface area (Å²) in [6.45, 7) is 0. The molecule has 0 fully saturated rings. The van der Waals surface area contributed by atoms with Crippen molar-refractivity contribution in [1.82, 2.24) is 0 Å². The standard InChI is InChI=1S/C13H8BrCl2NO2/c14-9-3-1-7(5-12(9)18)13(19)17-11-6-8(15)2-4-10(11)16/h1-6,18H,(H,17,19). The SMILES string of the molecule is O=C(Nc1cc(Cl)ccc1Cl)c1ccc(Br)c(O)c1. The summed E-state index contributed by atoms with van der Waals surface area (Å²) in [6, 6.07) is 9.31. The lowest BCUT2D eigenvalue weighted by molar-refractivity contribution is 0.102. The summed E-state index contributed by atoms with van der Waals surface area (Å²) in [6.07, 6.45) is 0. The minimum absolute atomic E-state index is 0.00941. The van der Waals surface area contributed by atoms with E-state index in [0.29, 0.717) is 25.8 Å². The number of carbonyl (C=O) groups is 1. The van der Waals surface area contributed by atoms with E-state index in [1.807, 2.05) is 0 Å². The van der Waals surface area contributed by atoms with E-state index in [-0.39, 0.29) is 11.7 Å². The largest absolute Gasteiger partial charge is 0.507 e. The van der Waals surface area contributed by atoms with Crippen LogP contribution in [0.15, 0.2) is 40.9 Å². The molecule has 0 aliphatic carbocycles. The van der Waals surface area contributed by atoms with Crippen LogP contribution in [0.25, 0.3) is 0 Å². The molecule has 3 nitrogen and oxygen atoms in total. The molecule has 6 heteroatoms. The van der Waals surface area contributed by atoms with Crippen LogP contribution in [0, 0.1) is 0 Å². The number of carbonyl (C=O) groups excluding carboxylic acids is 1. The van der Waals surface area contributed by atoms with Gasteiger partial charge in [0.15, 0.2) is 0 Å². The van der Waals surface area contributed by atoms with Crippen LogP contribution in [-0.2, 0) is 0 Å². The number of hydrogen-bond acceptors (Lipinski definition) is 2. The fourth-order valence-electron chi connectivity index (χ4n) is 1.44. The molecular weight excluding hydrogens is 353 g/mol. The van der Waals surface area contributed by atoms with Crippen LogP contribution in [0.2, 0.25) is 10.0 Å². The minimum atomic E-state index is -0.382. The summed E-state index contributed by atoms with van der Waals surface area (Å²) in [4.78, 5) is 12.0. The van der Waals surface area contributed by atoms with Crippen molar-refractivity contribution in [3.05, 3.63) is 56.5 Å². The number of benzene rings is 2. The molecule has 2 aromatic rings. The van der Waals surface area contributed by atoms with Crippen molar-refractivity contribution in [3.63, 3.8) is 0 Å². The van der Waals surface area contributed by atoms with Crippen molar-refractivity contribution < 1.29 is 9.90 Å². The average Bonchev–Trinajstić information content (AvgIpc) is 2.37. The molecule has 0 saturated heterocycles. The lowest BCUT2D eigenvalue weighted by Gasteiger charge is -2.08. The average molecular weight is 361 g/mol. The Kier molecular flexibility index (Phi) is 4.34. The van der Waals surface area contributed by atoms with E-state index in [2.05, 4.69) is 21.2 Å². The Labute approximate surface area is 128 Å². The highest BCUT2D eigenvalue weighted by Gasteiger charge is 2.10. The number of hydrogen-bond donors (Lipinski definition) is 2. The van der Waals surface area contributed by atoms with Gasteiger partial charge in [-0.15, -0.1) is 0 Å². The molecule has 19 heavy (non-hydrogen) atoms. The van der Waals surface area contributed by atoms with Gasteiger partial charge in [-0.1, -0.05) is 23.2 Å². The molecule has 2 aromatic carbocycles. The van der Waals surface area contributed by atoms with Crippen molar-refractivity contribution in [3.8, 4) is 5.75 Å². The summed E-state index contributed by atoms with van der Waals surface area (Å²) in [7, 11) is 0. The summed E-state index contributed by atoms with van der Waals surface area (Å²) >= 11 is 14.9. The first-order valence-electron chi connectivity index (χ1n) is 5.22. The number of amides is 1. The van der Waals surface area contributed by atoms with Crippen LogP contribution >= 0.6 is 39.1 Å². The van der Waals surface area contributed by atoms with Gasteiger partial charge in [-0.3, -0.25) is 4.79 Å². The zero-order valence-electron chi connectivity index (χ0n) is 9.45. The Bertz CT molecular complexity index is 647. The molecule has 0 aliphatic heterocycles. The monoisotopic (exact) mass is 359 g/mol.